The molecule has 0 aliphatic carbocycles. The number of rotatable bonds is 3. The smallest absolute Gasteiger partial charge is 0.252 e. The Bertz CT molecular complexity index is 350. The van der Waals surface area contributed by atoms with Crippen LogP contribution in [-0.2, 0) is 11.3 Å². The molecule has 0 N–H and O–H groups in total. The lowest BCUT2D eigenvalue weighted by atomic mass is 10.4. The predicted molar refractivity (Wildman–Crippen MR) is 52.0 cm³/mol. The van der Waals surface area contributed by atoms with Gasteiger partial charge in [-0.1, -0.05) is 0 Å². The van der Waals surface area contributed by atoms with Crippen LogP contribution < -0.4 is 0 Å². The Hall–Kier alpha value is -1.45. The number of aromatic nitrogens is 3. The maximum absolute atomic E-state index is 8.55. The Morgan fingerprint density at radius 2 is 2.20 bits per heavy atom. The SMILES string of the molecule is N#Cc1ncn(CCN2CCOCC2)n1. The number of ether oxygens (including phenoxy) is 1. The minimum Gasteiger partial charge on any atom is -0.379 e. The zero-order valence-electron chi connectivity index (χ0n) is 8.46. The molecule has 15 heavy (non-hydrogen) atoms. The van der Waals surface area contributed by atoms with Gasteiger partial charge in [0.15, 0.2) is 0 Å². The van der Waals surface area contributed by atoms with E-state index in [9.17, 15) is 0 Å². The zero-order chi connectivity index (χ0) is 10.5. The van der Waals surface area contributed by atoms with Crippen LogP contribution >= 0.6 is 0 Å². The molecule has 1 aliphatic heterocycles. The molecule has 0 spiro atoms. The second-order valence-corrected chi connectivity index (χ2v) is 3.40. The highest BCUT2D eigenvalue weighted by Crippen LogP contribution is 1.97. The Kier molecular flexibility index (Phi) is 3.27. The first-order valence-electron chi connectivity index (χ1n) is 4.98. The lowest BCUT2D eigenvalue weighted by Gasteiger charge is -2.26. The molecule has 1 aromatic heterocycles. The summed E-state index contributed by atoms with van der Waals surface area (Å²) in [6, 6.07) is 1.91. The van der Waals surface area contributed by atoms with E-state index < -0.39 is 0 Å². The van der Waals surface area contributed by atoms with Gasteiger partial charge in [0.25, 0.3) is 5.82 Å². The maximum Gasteiger partial charge on any atom is 0.252 e. The summed E-state index contributed by atoms with van der Waals surface area (Å²) < 4.78 is 6.96. The molecular formula is C9H13N5O. The van der Waals surface area contributed by atoms with E-state index in [4.69, 9.17) is 10.00 Å². The molecule has 2 heterocycles. The molecule has 1 fully saturated rings. The van der Waals surface area contributed by atoms with E-state index in [1.54, 1.807) is 11.0 Å². The van der Waals surface area contributed by atoms with Gasteiger partial charge in [-0.05, 0) is 0 Å². The quantitative estimate of drug-likeness (QED) is 0.667. The first-order chi connectivity index (χ1) is 7.38. The fraction of sp³-hybridized carbons (Fsp3) is 0.667. The van der Waals surface area contributed by atoms with Gasteiger partial charge < -0.3 is 4.74 Å². The molecule has 80 valence electrons. The minimum absolute atomic E-state index is 0.233. The van der Waals surface area contributed by atoms with Crippen LogP contribution in [0.3, 0.4) is 0 Å². The summed E-state index contributed by atoms with van der Waals surface area (Å²) in [6.45, 7) is 5.26. The highest BCUT2D eigenvalue weighted by molar-refractivity contribution is 5.05. The average Bonchev–Trinajstić information content (AvgIpc) is 2.76. The molecule has 1 aliphatic rings. The van der Waals surface area contributed by atoms with E-state index in [1.807, 2.05) is 6.07 Å². The van der Waals surface area contributed by atoms with Gasteiger partial charge in [-0.25, -0.2) is 4.98 Å². The van der Waals surface area contributed by atoms with E-state index >= 15 is 0 Å². The molecular weight excluding hydrogens is 194 g/mol. The molecule has 0 unspecified atom stereocenters. The highest BCUT2D eigenvalue weighted by Gasteiger charge is 2.10. The normalized spacial score (nSPS) is 17.5. The molecule has 6 nitrogen and oxygen atoms in total. The van der Waals surface area contributed by atoms with Crippen molar-refractivity contribution in [1.82, 2.24) is 19.7 Å². The molecule has 0 bridgehead atoms. The topological polar surface area (TPSA) is 67.0 Å². The van der Waals surface area contributed by atoms with Crippen LogP contribution in [0.1, 0.15) is 5.82 Å². The molecule has 2 rings (SSSR count). The standard InChI is InChI=1S/C9H13N5O/c10-7-9-11-8-14(12-9)2-1-13-3-5-15-6-4-13/h8H,1-6H2. The number of hydrogen-bond donors (Lipinski definition) is 0. The third kappa shape index (κ3) is 2.75. The highest BCUT2D eigenvalue weighted by atomic mass is 16.5. The van der Waals surface area contributed by atoms with E-state index in [1.165, 1.54) is 0 Å². The van der Waals surface area contributed by atoms with Crippen molar-refractivity contribution in [2.45, 2.75) is 6.54 Å². The largest absolute Gasteiger partial charge is 0.379 e. The summed E-state index contributed by atoms with van der Waals surface area (Å²) in [5.74, 6) is 0.233. The molecule has 0 amide bonds. The molecule has 0 saturated carbocycles. The molecule has 6 heteroatoms. The van der Waals surface area contributed by atoms with E-state index in [-0.39, 0.29) is 5.82 Å². The van der Waals surface area contributed by atoms with Crippen molar-refractivity contribution in [3.05, 3.63) is 12.2 Å². The van der Waals surface area contributed by atoms with Crippen molar-refractivity contribution in [2.75, 3.05) is 32.8 Å². The van der Waals surface area contributed by atoms with Crippen LogP contribution in [-0.4, -0.2) is 52.5 Å². The van der Waals surface area contributed by atoms with E-state index in [0.29, 0.717) is 0 Å². The van der Waals surface area contributed by atoms with Gasteiger partial charge in [-0.3, -0.25) is 9.58 Å². The van der Waals surface area contributed by atoms with Crippen molar-refractivity contribution in [3.63, 3.8) is 0 Å². The molecule has 0 aromatic carbocycles. The van der Waals surface area contributed by atoms with Crippen molar-refractivity contribution >= 4 is 0 Å². The van der Waals surface area contributed by atoms with Crippen molar-refractivity contribution in [1.29, 1.82) is 5.26 Å². The van der Waals surface area contributed by atoms with Gasteiger partial charge in [0, 0.05) is 19.6 Å². The van der Waals surface area contributed by atoms with E-state index in [2.05, 4.69) is 15.0 Å². The van der Waals surface area contributed by atoms with Crippen LogP contribution in [0.2, 0.25) is 0 Å². The average molecular weight is 207 g/mol. The first kappa shape index (κ1) is 10.1. The summed E-state index contributed by atoms with van der Waals surface area (Å²) in [5, 5.41) is 12.6. The molecule has 1 saturated heterocycles. The Morgan fingerprint density at radius 3 is 2.87 bits per heavy atom. The second kappa shape index (κ2) is 4.87. The summed E-state index contributed by atoms with van der Waals surface area (Å²) in [6.07, 6.45) is 1.60. The van der Waals surface area contributed by atoms with Gasteiger partial charge in [0.2, 0.25) is 0 Å². The van der Waals surface area contributed by atoms with Gasteiger partial charge in [0.1, 0.15) is 12.4 Å². The van der Waals surface area contributed by atoms with Crippen LogP contribution in [0.25, 0.3) is 0 Å². The summed E-state index contributed by atoms with van der Waals surface area (Å²) in [7, 11) is 0. The predicted octanol–water partition coefficient (Wildman–Crippen LogP) is -0.518. The maximum atomic E-state index is 8.55. The van der Waals surface area contributed by atoms with Crippen LogP contribution in [0.5, 0.6) is 0 Å². The van der Waals surface area contributed by atoms with Crippen LogP contribution in [0.15, 0.2) is 6.33 Å². The Morgan fingerprint density at radius 1 is 1.40 bits per heavy atom. The third-order valence-corrected chi connectivity index (χ3v) is 2.39. The second-order valence-electron chi connectivity index (χ2n) is 3.40. The summed E-state index contributed by atoms with van der Waals surface area (Å²) >= 11 is 0. The number of nitrogens with zero attached hydrogens (tertiary/aromatic N) is 5. The number of nitriles is 1. The number of hydrogen-bond acceptors (Lipinski definition) is 5. The monoisotopic (exact) mass is 207 g/mol. The van der Waals surface area contributed by atoms with Gasteiger partial charge in [-0.2, -0.15) is 5.26 Å². The summed E-state index contributed by atoms with van der Waals surface area (Å²) in [5.41, 5.74) is 0. The first-order valence-corrected chi connectivity index (χ1v) is 4.98. The van der Waals surface area contributed by atoms with E-state index in [0.717, 1.165) is 39.4 Å². The van der Waals surface area contributed by atoms with Gasteiger partial charge >= 0.3 is 0 Å². The van der Waals surface area contributed by atoms with Crippen molar-refractivity contribution < 1.29 is 4.74 Å². The lowest BCUT2D eigenvalue weighted by Crippen LogP contribution is -2.38. The number of morpholine rings is 1. The fourth-order valence-corrected chi connectivity index (χ4v) is 1.52. The molecule has 1 aromatic rings. The fourth-order valence-electron chi connectivity index (χ4n) is 1.52. The van der Waals surface area contributed by atoms with Crippen LogP contribution in [0.4, 0.5) is 0 Å². The Labute approximate surface area is 88.1 Å². The molecule has 0 atom stereocenters. The van der Waals surface area contributed by atoms with Crippen molar-refractivity contribution in [2.24, 2.45) is 0 Å². The third-order valence-electron chi connectivity index (χ3n) is 2.39. The van der Waals surface area contributed by atoms with Gasteiger partial charge in [-0.15, -0.1) is 5.10 Å². The lowest BCUT2D eigenvalue weighted by molar-refractivity contribution is 0.0359. The summed E-state index contributed by atoms with van der Waals surface area (Å²) in [4.78, 5) is 6.16. The van der Waals surface area contributed by atoms with Crippen LogP contribution in [0, 0.1) is 11.3 Å². The minimum atomic E-state index is 0.233. The molecule has 0 radical (unpaired) electrons. The zero-order valence-corrected chi connectivity index (χ0v) is 8.46. The van der Waals surface area contributed by atoms with Gasteiger partial charge in [0.05, 0.1) is 19.8 Å². The van der Waals surface area contributed by atoms with Crippen molar-refractivity contribution in [3.8, 4) is 6.07 Å². The Balaban J connectivity index is 1.79.